The van der Waals surface area contributed by atoms with Gasteiger partial charge >= 0.3 is 6.18 Å². The molecule has 0 amide bonds. The summed E-state index contributed by atoms with van der Waals surface area (Å²) < 4.78 is 41.3. The van der Waals surface area contributed by atoms with Crippen molar-refractivity contribution in [3.8, 4) is 0 Å². The van der Waals surface area contributed by atoms with E-state index in [1.54, 1.807) is 0 Å². The van der Waals surface area contributed by atoms with Gasteiger partial charge in [0.05, 0.1) is 0 Å². The number of hydrogen-bond donors (Lipinski definition) is 2. The van der Waals surface area contributed by atoms with Crippen LogP contribution in [-0.4, -0.2) is 33.4 Å². The van der Waals surface area contributed by atoms with E-state index in [-0.39, 0.29) is 12.4 Å². The quantitative estimate of drug-likeness (QED) is 0.876. The van der Waals surface area contributed by atoms with Crippen LogP contribution in [0.15, 0.2) is 12.4 Å². The van der Waals surface area contributed by atoms with Crippen LogP contribution in [0.5, 0.6) is 0 Å². The van der Waals surface area contributed by atoms with Crippen LogP contribution in [0.4, 0.5) is 13.2 Å². The highest BCUT2D eigenvalue weighted by Crippen LogP contribution is 2.45. The van der Waals surface area contributed by atoms with Gasteiger partial charge in [0.15, 0.2) is 0 Å². The lowest BCUT2D eigenvalue weighted by atomic mass is 9.94. The lowest BCUT2D eigenvalue weighted by Gasteiger charge is -2.31. The molecule has 0 saturated heterocycles. The molecule has 3 rings (SSSR count). The molecule has 4 nitrogen and oxygen atoms in total. The van der Waals surface area contributed by atoms with E-state index in [2.05, 4.69) is 10.3 Å². The van der Waals surface area contributed by atoms with Crippen molar-refractivity contribution in [3.63, 3.8) is 0 Å². The van der Waals surface area contributed by atoms with Crippen molar-refractivity contribution in [2.45, 2.75) is 49.9 Å². The van der Waals surface area contributed by atoms with Crippen LogP contribution in [0.1, 0.15) is 37.9 Å². The molecule has 1 aromatic heterocycles. The van der Waals surface area contributed by atoms with E-state index in [4.69, 9.17) is 0 Å². The van der Waals surface area contributed by atoms with Gasteiger partial charge in [-0.3, -0.25) is 0 Å². The van der Waals surface area contributed by atoms with Crippen molar-refractivity contribution < 1.29 is 18.3 Å². The zero-order valence-corrected chi connectivity index (χ0v) is 12.6. The Kier molecular flexibility index (Phi) is 3.97. The summed E-state index contributed by atoms with van der Waals surface area (Å²) in [6.07, 6.45) is 2.19. The van der Waals surface area contributed by atoms with Gasteiger partial charge in [-0.05, 0) is 37.6 Å². The monoisotopic (exact) mass is 317 g/mol. The molecular formula is C15H22F3N3O. The summed E-state index contributed by atoms with van der Waals surface area (Å²) in [6, 6.07) is 0.303. The fourth-order valence-electron chi connectivity index (χ4n) is 4.08. The molecule has 22 heavy (non-hydrogen) atoms. The fraction of sp³-hybridized carbons (Fsp3) is 0.800. The van der Waals surface area contributed by atoms with Crippen LogP contribution < -0.4 is 5.32 Å². The Morgan fingerprint density at radius 3 is 2.64 bits per heavy atom. The van der Waals surface area contributed by atoms with Gasteiger partial charge in [-0.2, -0.15) is 13.2 Å². The first kappa shape index (κ1) is 15.8. The highest BCUT2D eigenvalue weighted by molar-refractivity contribution is 5.08. The highest BCUT2D eigenvalue weighted by Gasteiger charge is 2.57. The van der Waals surface area contributed by atoms with Crippen molar-refractivity contribution in [1.82, 2.24) is 14.9 Å². The molecule has 2 fully saturated rings. The van der Waals surface area contributed by atoms with Gasteiger partial charge in [0.1, 0.15) is 5.82 Å². The number of halogens is 3. The summed E-state index contributed by atoms with van der Waals surface area (Å²) in [7, 11) is 1.46. The third-order valence-electron chi connectivity index (χ3n) is 5.29. The molecule has 0 radical (unpaired) electrons. The largest absolute Gasteiger partial charge is 0.424 e. The predicted octanol–water partition coefficient (Wildman–Crippen LogP) is 2.34. The lowest BCUT2D eigenvalue weighted by Crippen LogP contribution is -2.47. The van der Waals surface area contributed by atoms with Crippen molar-refractivity contribution in [1.29, 1.82) is 0 Å². The maximum atomic E-state index is 13.4. The Morgan fingerprint density at radius 1 is 1.36 bits per heavy atom. The van der Waals surface area contributed by atoms with E-state index in [1.807, 2.05) is 0 Å². The normalized spacial score (nSPS) is 30.7. The topological polar surface area (TPSA) is 50.1 Å². The number of imidazole rings is 1. The number of alkyl halides is 3. The first-order valence-corrected chi connectivity index (χ1v) is 7.81. The summed E-state index contributed by atoms with van der Waals surface area (Å²) in [5.41, 5.74) is -2.91. The average molecular weight is 317 g/mol. The third kappa shape index (κ3) is 2.65. The minimum atomic E-state index is -4.75. The molecule has 2 N–H and O–H groups in total. The number of aryl methyl sites for hydroxylation is 1. The first-order valence-electron chi connectivity index (χ1n) is 7.81. The molecule has 2 saturated carbocycles. The molecular weight excluding hydrogens is 295 g/mol. The molecule has 7 heteroatoms. The van der Waals surface area contributed by atoms with Gasteiger partial charge in [0, 0.05) is 31.9 Å². The van der Waals surface area contributed by atoms with Crippen molar-refractivity contribution in [3.05, 3.63) is 18.2 Å². The average Bonchev–Trinajstić information content (AvgIpc) is 3.13. The molecule has 124 valence electrons. The molecule has 4 atom stereocenters. The number of rotatable bonds is 5. The van der Waals surface area contributed by atoms with Gasteiger partial charge < -0.3 is 15.0 Å². The van der Waals surface area contributed by atoms with Crippen molar-refractivity contribution in [2.24, 2.45) is 18.9 Å². The Hall–Kier alpha value is -1.08. The number of aliphatic hydroxyl groups is 1. The summed E-state index contributed by atoms with van der Waals surface area (Å²) in [6.45, 7) is 0.136. The van der Waals surface area contributed by atoms with Gasteiger partial charge in [-0.1, -0.05) is 6.42 Å². The van der Waals surface area contributed by atoms with E-state index < -0.39 is 18.2 Å². The van der Waals surface area contributed by atoms with Crippen molar-refractivity contribution in [2.75, 3.05) is 6.54 Å². The molecule has 1 heterocycles. The van der Waals surface area contributed by atoms with Crippen molar-refractivity contribution >= 4 is 0 Å². The summed E-state index contributed by atoms with van der Waals surface area (Å²) in [5.74, 6) is 0.977. The molecule has 0 unspecified atom stereocenters. The predicted molar refractivity (Wildman–Crippen MR) is 75.0 cm³/mol. The fourth-order valence-corrected chi connectivity index (χ4v) is 4.08. The standard InChI is InChI=1S/C15H22F3N3O/c1-21-7-6-20-13(21)14(22,15(16,17)18)4-5-19-12-9-10-2-3-11(12)8-10/h6-7,10-12,19,22H,2-5,8-9H2,1H3/t10-,11-,12-,14+/m0/s1. The van der Waals surface area contributed by atoms with Crippen LogP contribution in [-0.2, 0) is 12.6 Å². The van der Waals surface area contributed by atoms with Crippen LogP contribution in [0.2, 0.25) is 0 Å². The Bertz CT molecular complexity index is 530. The second-order valence-corrected chi connectivity index (χ2v) is 6.71. The molecule has 1 aromatic rings. The van der Waals surface area contributed by atoms with Gasteiger partial charge in [-0.25, -0.2) is 4.98 Å². The number of aromatic nitrogens is 2. The number of nitrogens with one attached hydrogen (secondary N) is 1. The van der Waals surface area contributed by atoms with Crippen LogP contribution in [0.25, 0.3) is 0 Å². The molecule has 2 aliphatic rings. The molecule has 2 aliphatic carbocycles. The third-order valence-corrected chi connectivity index (χ3v) is 5.29. The SMILES string of the molecule is Cn1ccnc1[C@](O)(CCN[C@H]1C[C@H]2CC[C@H]1C2)C(F)(F)F. The highest BCUT2D eigenvalue weighted by atomic mass is 19.4. The summed E-state index contributed by atoms with van der Waals surface area (Å²) in [5, 5.41) is 13.5. The number of hydrogen-bond acceptors (Lipinski definition) is 3. The first-order chi connectivity index (χ1) is 10.3. The zero-order valence-electron chi connectivity index (χ0n) is 12.6. The minimum Gasteiger partial charge on any atom is -0.374 e. The molecule has 0 aliphatic heterocycles. The van der Waals surface area contributed by atoms with E-state index in [9.17, 15) is 18.3 Å². The van der Waals surface area contributed by atoms with E-state index in [1.165, 1.54) is 43.3 Å². The second-order valence-electron chi connectivity index (χ2n) is 6.71. The van der Waals surface area contributed by atoms with Gasteiger partial charge in [0.2, 0.25) is 5.60 Å². The Balaban J connectivity index is 1.65. The molecule has 2 bridgehead atoms. The molecule has 0 aromatic carbocycles. The van der Waals surface area contributed by atoms with E-state index >= 15 is 0 Å². The van der Waals surface area contributed by atoms with Crippen LogP contribution >= 0.6 is 0 Å². The maximum Gasteiger partial charge on any atom is 0.424 e. The second kappa shape index (κ2) is 5.53. The maximum absolute atomic E-state index is 13.4. The Labute approximate surface area is 127 Å². The zero-order chi connectivity index (χ0) is 16.0. The van der Waals surface area contributed by atoms with Crippen LogP contribution in [0.3, 0.4) is 0 Å². The van der Waals surface area contributed by atoms with Gasteiger partial charge in [-0.15, -0.1) is 0 Å². The van der Waals surface area contributed by atoms with Gasteiger partial charge in [0.25, 0.3) is 0 Å². The number of nitrogens with zero attached hydrogens (tertiary/aromatic N) is 2. The lowest BCUT2D eigenvalue weighted by molar-refractivity contribution is -0.272. The summed E-state index contributed by atoms with van der Waals surface area (Å²) in [4.78, 5) is 3.71. The number of fused-ring (bicyclic) bond motifs is 2. The smallest absolute Gasteiger partial charge is 0.374 e. The summed E-state index contributed by atoms with van der Waals surface area (Å²) >= 11 is 0. The molecule has 0 spiro atoms. The van der Waals surface area contributed by atoms with Crippen LogP contribution in [0, 0.1) is 11.8 Å². The van der Waals surface area contributed by atoms with E-state index in [0.29, 0.717) is 12.0 Å². The van der Waals surface area contributed by atoms with E-state index in [0.717, 1.165) is 12.3 Å². The Morgan fingerprint density at radius 2 is 2.14 bits per heavy atom. The minimum absolute atomic E-state index is 0.136.